The summed E-state index contributed by atoms with van der Waals surface area (Å²) in [6.45, 7) is 9.48. The van der Waals surface area contributed by atoms with E-state index in [-0.39, 0.29) is 0 Å². The summed E-state index contributed by atoms with van der Waals surface area (Å²) in [7, 11) is 0. The van der Waals surface area contributed by atoms with Crippen LogP contribution in [0.1, 0.15) is 220 Å². The molecule has 0 radical (unpaired) electrons. The van der Waals surface area contributed by atoms with Gasteiger partial charge in [0.2, 0.25) is 0 Å². The summed E-state index contributed by atoms with van der Waals surface area (Å²) in [6.07, 6.45) is 49.9. The van der Waals surface area contributed by atoms with E-state index < -0.39 is 0 Å². The Morgan fingerprint density at radius 2 is 0.561 bits per heavy atom. The number of nitrogens with zero attached hydrogens (tertiary/aromatic N) is 2. The van der Waals surface area contributed by atoms with Crippen LogP contribution in [0.4, 0.5) is 0 Å². The molecule has 0 aliphatic carbocycles. The van der Waals surface area contributed by atoms with E-state index in [4.69, 9.17) is 0 Å². The van der Waals surface area contributed by atoms with E-state index in [1.54, 1.807) is 0 Å². The van der Waals surface area contributed by atoms with Gasteiger partial charge in [0.25, 0.3) is 0 Å². The third-order valence-electron chi connectivity index (χ3n) is 9.57. The molecule has 0 spiro atoms. The number of unbranched alkanes of at least 4 members (excludes halogenated alkanes) is 27. The summed E-state index contributed by atoms with van der Waals surface area (Å²) in [6, 6.07) is 0. The molecule has 41 heavy (non-hydrogen) atoms. The first kappa shape index (κ1) is 38.4. The molecule has 1 rings (SSSR count). The number of hydrogen-bond donors (Lipinski definition) is 0. The second kappa shape index (κ2) is 30.8. The predicted octanol–water partition coefficient (Wildman–Crippen LogP) is 13.6. The minimum atomic E-state index is 0.640. The van der Waals surface area contributed by atoms with E-state index in [2.05, 4.69) is 43.0 Å². The maximum Gasteiger partial charge on any atom is 0.101 e. The van der Waals surface area contributed by atoms with Crippen LogP contribution in [0, 0.1) is 0 Å². The van der Waals surface area contributed by atoms with Gasteiger partial charge in [-0.15, -0.1) is 0 Å². The van der Waals surface area contributed by atoms with E-state index in [0.717, 1.165) is 0 Å². The van der Waals surface area contributed by atoms with Crippen LogP contribution >= 0.6 is 0 Å². The molecular weight excluding hydrogens is 496 g/mol. The van der Waals surface area contributed by atoms with E-state index >= 15 is 0 Å². The molecule has 0 saturated carbocycles. The Hall–Kier alpha value is -0.660. The average molecular weight is 575 g/mol. The standard InChI is InChI=1S/C39H78N2/c1-4-7-10-13-16-19-20-21-22-23-24-25-28-31-34-39-40(35-32-29-26-17-14-11-8-5-2)37-38-41(39)36-33-30-27-18-15-12-9-6-3/h37-39H,4-36H2,1-3H3. The minimum absolute atomic E-state index is 0.640. The molecule has 0 aromatic heterocycles. The fraction of sp³-hybridized carbons (Fsp3) is 0.949. The van der Waals surface area contributed by atoms with Crippen molar-refractivity contribution in [3.05, 3.63) is 12.4 Å². The number of hydrogen-bond acceptors (Lipinski definition) is 2. The first-order valence-corrected chi connectivity index (χ1v) is 19.5. The second-order valence-corrected chi connectivity index (χ2v) is 13.6. The van der Waals surface area contributed by atoms with Crippen LogP contribution in [0.25, 0.3) is 0 Å². The first-order valence-electron chi connectivity index (χ1n) is 19.5. The van der Waals surface area contributed by atoms with Gasteiger partial charge in [0, 0.05) is 25.5 Å². The van der Waals surface area contributed by atoms with Gasteiger partial charge in [0.15, 0.2) is 0 Å². The highest BCUT2D eigenvalue weighted by molar-refractivity contribution is 4.97. The van der Waals surface area contributed by atoms with Crippen molar-refractivity contribution in [2.24, 2.45) is 0 Å². The van der Waals surface area contributed by atoms with Gasteiger partial charge in [-0.25, -0.2) is 0 Å². The molecule has 1 aliphatic heterocycles. The molecule has 0 bridgehead atoms. The van der Waals surface area contributed by atoms with E-state index in [9.17, 15) is 0 Å². The lowest BCUT2D eigenvalue weighted by atomic mass is 10.0. The highest BCUT2D eigenvalue weighted by Gasteiger charge is 2.24. The highest BCUT2D eigenvalue weighted by atomic mass is 15.4. The Morgan fingerprint density at radius 3 is 0.854 bits per heavy atom. The Bertz CT molecular complexity index is 500. The smallest absolute Gasteiger partial charge is 0.101 e. The molecule has 0 atom stereocenters. The SMILES string of the molecule is CCCCCCCCCCCCCCCCC1N(CCCCCCCCCC)C=CN1CCCCCCCCCC. The Kier molecular flexibility index (Phi) is 28.8. The quantitative estimate of drug-likeness (QED) is 0.0719. The Morgan fingerprint density at radius 1 is 0.317 bits per heavy atom. The van der Waals surface area contributed by atoms with Crippen molar-refractivity contribution in [1.29, 1.82) is 0 Å². The fourth-order valence-electron chi connectivity index (χ4n) is 6.72. The molecule has 0 unspecified atom stereocenters. The Labute approximate surface area is 260 Å². The summed E-state index contributed by atoms with van der Waals surface area (Å²) < 4.78 is 0. The summed E-state index contributed by atoms with van der Waals surface area (Å²) in [4.78, 5) is 5.42. The lowest BCUT2D eigenvalue weighted by Crippen LogP contribution is -2.39. The zero-order valence-electron chi connectivity index (χ0n) is 29.0. The van der Waals surface area contributed by atoms with Crippen LogP contribution in [0.2, 0.25) is 0 Å². The van der Waals surface area contributed by atoms with Crippen LogP contribution in [0.15, 0.2) is 12.4 Å². The molecule has 0 aromatic rings. The van der Waals surface area contributed by atoms with Gasteiger partial charge in [0.1, 0.15) is 6.17 Å². The van der Waals surface area contributed by atoms with Crippen molar-refractivity contribution in [3.63, 3.8) is 0 Å². The highest BCUT2D eigenvalue weighted by Crippen LogP contribution is 2.24. The molecular formula is C39H78N2. The molecule has 0 fully saturated rings. The zero-order valence-corrected chi connectivity index (χ0v) is 29.0. The van der Waals surface area contributed by atoms with Gasteiger partial charge in [-0.05, 0) is 25.7 Å². The molecule has 2 nitrogen and oxygen atoms in total. The van der Waals surface area contributed by atoms with Gasteiger partial charge < -0.3 is 9.80 Å². The summed E-state index contributed by atoms with van der Waals surface area (Å²) in [5, 5.41) is 0. The molecule has 1 heterocycles. The predicted molar refractivity (Wildman–Crippen MR) is 186 cm³/mol. The van der Waals surface area contributed by atoms with Gasteiger partial charge in [-0.2, -0.15) is 0 Å². The van der Waals surface area contributed by atoms with Crippen molar-refractivity contribution in [3.8, 4) is 0 Å². The molecule has 0 N–H and O–H groups in total. The Balaban J connectivity index is 2.20. The molecule has 1 aliphatic rings. The monoisotopic (exact) mass is 575 g/mol. The van der Waals surface area contributed by atoms with E-state index in [1.807, 2.05) is 0 Å². The zero-order chi connectivity index (χ0) is 29.5. The minimum Gasteiger partial charge on any atom is -0.356 e. The van der Waals surface area contributed by atoms with Gasteiger partial charge in [-0.3, -0.25) is 0 Å². The molecule has 2 heteroatoms. The van der Waals surface area contributed by atoms with Crippen molar-refractivity contribution < 1.29 is 0 Å². The van der Waals surface area contributed by atoms with Gasteiger partial charge in [0.05, 0.1) is 0 Å². The molecule has 0 saturated heterocycles. The summed E-state index contributed by atoms with van der Waals surface area (Å²) >= 11 is 0. The van der Waals surface area contributed by atoms with Crippen LogP contribution in [-0.2, 0) is 0 Å². The van der Waals surface area contributed by atoms with Crippen LogP contribution in [0.5, 0.6) is 0 Å². The molecule has 244 valence electrons. The molecule has 0 aromatic carbocycles. The van der Waals surface area contributed by atoms with Crippen LogP contribution in [-0.4, -0.2) is 29.1 Å². The maximum atomic E-state index is 2.71. The topological polar surface area (TPSA) is 6.48 Å². The van der Waals surface area contributed by atoms with E-state index in [0.29, 0.717) is 6.17 Å². The van der Waals surface area contributed by atoms with Gasteiger partial charge in [-0.1, -0.05) is 194 Å². The lowest BCUT2D eigenvalue weighted by molar-refractivity contribution is 0.135. The van der Waals surface area contributed by atoms with Crippen molar-refractivity contribution >= 4 is 0 Å². The maximum absolute atomic E-state index is 2.71. The lowest BCUT2D eigenvalue weighted by Gasteiger charge is -2.33. The van der Waals surface area contributed by atoms with E-state index in [1.165, 1.54) is 212 Å². The fourth-order valence-corrected chi connectivity index (χ4v) is 6.72. The number of rotatable bonds is 33. The first-order chi connectivity index (χ1) is 20.3. The summed E-state index contributed by atoms with van der Waals surface area (Å²) in [5.74, 6) is 0. The molecule has 0 amide bonds. The largest absolute Gasteiger partial charge is 0.356 e. The normalized spacial score (nSPS) is 13.7. The van der Waals surface area contributed by atoms with Crippen molar-refractivity contribution in [1.82, 2.24) is 9.80 Å². The van der Waals surface area contributed by atoms with Crippen LogP contribution in [0.3, 0.4) is 0 Å². The van der Waals surface area contributed by atoms with Crippen LogP contribution < -0.4 is 0 Å². The second-order valence-electron chi connectivity index (χ2n) is 13.6. The van der Waals surface area contributed by atoms with Crippen molar-refractivity contribution in [2.75, 3.05) is 13.1 Å². The summed E-state index contributed by atoms with van der Waals surface area (Å²) in [5.41, 5.74) is 0. The third-order valence-corrected chi connectivity index (χ3v) is 9.57. The van der Waals surface area contributed by atoms with Crippen molar-refractivity contribution in [2.45, 2.75) is 226 Å². The third kappa shape index (κ3) is 23.5. The van der Waals surface area contributed by atoms with Gasteiger partial charge >= 0.3 is 0 Å². The average Bonchev–Trinajstić information content (AvgIpc) is 3.37.